The minimum Gasteiger partial charge on any atom is -0.435 e. The molecule has 1 aliphatic carbocycles. The van der Waals surface area contributed by atoms with Crippen molar-refractivity contribution in [3.8, 4) is 11.6 Å². The van der Waals surface area contributed by atoms with Gasteiger partial charge in [-0.25, -0.2) is 4.98 Å². The van der Waals surface area contributed by atoms with Crippen LogP contribution in [-0.4, -0.2) is 9.55 Å². The summed E-state index contributed by atoms with van der Waals surface area (Å²) >= 11 is 0. The van der Waals surface area contributed by atoms with Crippen molar-refractivity contribution < 1.29 is 4.74 Å². The van der Waals surface area contributed by atoms with Crippen molar-refractivity contribution in [1.82, 2.24) is 9.55 Å². The molecular formula is C14H15N3O2. The van der Waals surface area contributed by atoms with Gasteiger partial charge in [0.1, 0.15) is 5.75 Å². The first-order valence-electron chi connectivity index (χ1n) is 6.32. The lowest BCUT2D eigenvalue weighted by molar-refractivity contribution is 0.444. The van der Waals surface area contributed by atoms with Crippen molar-refractivity contribution in [2.45, 2.75) is 25.4 Å². The molecule has 0 atom stereocenters. The molecule has 0 amide bonds. The summed E-state index contributed by atoms with van der Waals surface area (Å²) in [6, 6.07) is 7.67. The number of rotatable bonds is 4. The molecule has 19 heavy (non-hydrogen) atoms. The predicted molar refractivity (Wildman–Crippen MR) is 71.2 cm³/mol. The zero-order chi connectivity index (χ0) is 13.2. The van der Waals surface area contributed by atoms with Crippen molar-refractivity contribution in [1.29, 1.82) is 0 Å². The largest absolute Gasteiger partial charge is 0.435 e. The molecule has 1 aromatic heterocycles. The predicted octanol–water partition coefficient (Wildman–Crippen LogP) is 1.83. The second-order valence-electron chi connectivity index (χ2n) is 4.63. The molecule has 3 rings (SSSR count). The van der Waals surface area contributed by atoms with Crippen molar-refractivity contribution in [2.75, 3.05) is 0 Å². The fraction of sp³-hybridized carbons (Fsp3) is 0.286. The lowest BCUT2D eigenvalue weighted by Crippen LogP contribution is -2.20. The highest BCUT2D eigenvalue weighted by Gasteiger charge is 2.25. The van der Waals surface area contributed by atoms with Crippen LogP contribution in [0.2, 0.25) is 0 Å². The Bertz CT molecular complexity index is 647. The van der Waals surface area contributed by atoms with Crippen LogP contribution in [0.1, 0.15) is 24.4 Å². The topological polar surface area (TPSA) is 70.1 Å². The maximum atomic E-state index is 12.2. The van der Waals surface area contributed by atoms with E-state index in [-0.39, 0.29) is 11.4 Å². The molecule has 0 unspecified atom stereocenters. The number of ether oxygens (including phenoxy) is 1. The van der Waals surface area contributed by atoms with Crippen LogP contribution in [-0.2, 0) is 6.54 Å². The number of hydrogen-bond acceptors (Lipinski definition) is 4. The van der Waals surface area contributed by atoms with Gasteiger partial charge in [0, 0.05) is 25.0 Å². The maximum absolute atomic E-state index is 12.2. The highest BCUT2D eigenvalue weighted by atomic mass is 16.5. The van der Waals surface area contributed by atoms with Crippen molar-refractivity contribution >= 4 is 0 Å². The first kappa shape index (κ1) is 11.9. The van der Waals surface area contributed by atoms with E-state index in [0.29, 0.717) is 18.3 Å². The standard InChI is InChI=1S/C14H15N3O2/c15-9-10-2-1-3-12(8-10)19-13-14(18)17(7-6-16-13)11-4-5-11/h1-3,6-8,11H,4-5,9,15H2. The lowest BCUT2D eigenvalue weighted by atomic mass is 10.2. The fourth-order valence-corrected chi connectivity index (χ4v) is 1.96. The second kappa shape index (κ2) is 4.85. The number of nitrogens with zero attached hydrogens (tertiary/aromatic N) is 2. The monoisotopic (exact) mass is 257 g/mol. The Balaban J connectivity index is 1.90. The first-order chi connectivity index (χ1) is 9.28. The van der Waals surface area contributed by atoms with Crippen LogP contribution in [0.4, 0.5) is 0 Å². The Kier molecular flexibility index (Phi) is 3.05. The Morgan fingerprint density at radius 3 is 3.00 bits per heavy atom. The fourth-order valence-electron chi connectivity index (χ4n) is 1.96. The molecule has 5 heteroatoms. The molecule has 2 N–H and O–H groups in total. The number of hydrogen-bond donors (Lipinski definition) is 1. The molecule has 2 aromatic rings. The molecule has 1 aliphatic rings. The third-order valence-corrected chi connectivity index (χ3v) is 3.13. The zero-order valence-corrected chi connectivity index (χ0v) is 10.5. The van der Waals surface area contributed by atoms with Gasteiger partial charge < -0.3 is 15.0 Å². The highest BCUT2D eigenvalue weighted by molar-refractivity contribution is 5.31. The molecule has 0 bridgehead atoms. The molecule has 1 fully saturated rings. The average molecular weight is 257 g/mol. The van der Waals surface area contributed by atoms with E-state index in [2.05, 4.69) is 4.98 Å². The molecule has 5 nitrogen and oxygen atoms in total. The van der Waals surface area contributed by atoms with Crippen molar-refractivity contribution in [2.24, 2.45) is 5.73 Å². The molecule has 0 radical (unpaired) electrons. The summed E-state index contributed by atoms with van der Waals surface area (Å²) in [5.41, 5.74) is 6.35. The summed E-state index contributed by atoms with van der Waals surface area (Å²) in [6.45, 7) is 0.436. The lowest BCUT2D eigenvalue weighted by Gasteiger charge is -2.08. The molecular weight excluding hydrogens is 242 g/mol. The van der Waals surface area contributed by atoms with E-state index in [1.54, 1.807) is 23.0 Å². The minimum absolute atomic E-state index is 0.114. The van der Waals surface area contributed by atoms with E-state index in [0.717, 1.165) is 18.4 Å². The van der Waals surface area contributed by atoms with Gasteiger partial charge in [0.2, 0.25) is 0 Å². The normalized spacial score (nSPS) is 14.4. The van der Waals surface area contributed by atoms with E-state index in [1.807, 2.05) is 18.2 Å². The van der Waals surface area contributed by atoms with Crippen LogP contribution in [0, 0.1) is 0 Å². The second-order valence-corrected chi connectivity index (χ2v) is 4.63. The van der Waals surface area contributed by atoms with Crippen LogP contribution in [0.5, 0.6) is 11.6 Å². The van der Waals surface area contributed by atoms with E-state index in [9.17, 15) is 4.79 Å². The van der Waals surface area contributed by atoms with E-state index in [1.165, 1.54) is 0 Å². The van der Waals surface area contributed by atoms with Crippen LogP contribution in [0.25, 0.3) is 0 Å². The highest BCUT2D eigenvalue weighted by Crippen LogP contribution is 2.33. The molecule has 0 saturated heterocycles. The van der Waals surface area contributed by atoms with Crippen LogP contribution >= 0.6 is 0 Å². The first-order valence-corrected chi connectivity index (χ1v) is 6.32. The molecule has 1 aromatic carbocycles. The van der Waals surface area contributed by atoms with E-state index < -0.39 is 0 Å². The van der Waals surface area contributed by atoms with Gasteiger partial charge in [0.15, 0.2) is 0 Å². The molecule has 1 saturated carbocycles. The number of benzene rings is 1. The number of nitrogens with two attached hydrogens (primary N) is 1. The Morgan fingerprint density at radius 1 is 1.42 bits per heavy atom. The SMILES string of the molecule is NCc1cccc(Oc2nccn(C3CC3)c2=O)c1. The maximum Gasteiger partial charge on any atom is 0.313 e. The molecule has 0 aliphatic heterocycles. The van der Waals surface area contributed by atoms with Crippen molar-refractivity contribution in [3.05, 3.63) is 52.6 Å². The van der Waals surface area contributed by atoms with Gasteiger partial charge in [-0.3, -0.25) is 4.79 Å². The van der Waals surface area contributed by atoms with Crippen LogP contribution in [0.3, 0.4) is 0 Å². The molecule has 0 spiro atoms. The zero-order valence-electron chi connectivity index (χ0n) is 10.5. The van der Waals surface area contributed by atoms with Gasteiger partial charge in [-0.15, -0.1) is 0 Å². The summed E-state index contributed by atoms with van der Waals surface area (Å²) in [5, 5.41) is 0. The summed E-state index contributed by atoms with van der Waals surface area (Å²) in [7, 11) is 0. The Labute approximate surface area is 110 Å². The summed E-state index contributed by atoms with van der Waals surface area (Å²) in [6.07, 6.45) is 5.41. The smallest absolute Gasteiger partial charge is 0.313 e. The average Bonchev–Trinajstić information content (AvgIpc) is 3.26. The molecule has 98 valence electrons. The molecule has 1 heterocycles. The van der Waals surface area contributed by atoms with E-state index in [4.69, 9.17) is 10.5 Å². The van der Waals surface area contributed by atoms with Crippen LogP contribution < -0.4 is 16.0 Å². The van der Waals surface area contributed by atoms with Gasteiger partial charge in [0.05, 0.1) is 0 Å². The Morgan fingerprint density at radius 2 is 2.26 bits per heavy atom. The quantitative estimate of drug-likeness (QED) is 0.907. The summed E-state index contributed by atoms with van der Waals surface area (Å²) in [4.78, 5) is 16.2. The van der Waals surface area contributed by atoms with Gasteiger partial charge in [-0.2, -0.15) is 0 Å². The van der Waals surface area contributed by atoms with E-state index >= 15 is 0 Å². The summed E-state index contributed by atoms with van der Waals surface area (Å²) < 4.78 is 7.26. The van der Waals surface area contributed by atoms with Gasteiger partial charge in [-0.1, -0.05) is 12.1 Å². The number of aromatic nitrogens is 2. The summed E-state index contributed by atoms with van der Waals surface area (Å²) in [5.74, 6) is 0.699. The van der Waals surface area contributed by atoms with Gasteiger partial charge in [0.25, 0.3) is 5.88 Å². The van der Waals surface area contributed by atoms with Crippen LogP contribution in [0.15, 0.2) is 41.5 Å². The van der Waals surface area contributed by atoms with Gasteiger partial charge in [-0.05, 0) is 30.5 Å². The third-order valence-electron chi connectivity index (χ3n) is 3.13. The van der Waals surface area contributed by atoms with Gasteiger partial charge >= 0.3 is 5.56 Å². The minimum atomic E-state index is -0.178. The third kappa shape index (κ3) is 2.51. The Hall–Kier alpha value is -2.14. The van der Waals surface area contributed by atoms with Crippen molar-refractivity contribution in [3.63, 3.8) is 0 Å².